The molecule has 0 spiro atoms. The smallest absolute Gasteiger partial charge is 0.211 e. The third kappa shape index (κ3) is 3.85. The van der Waals surface area contributed by atoms with E-state index in [1.807, 2.05) is 53.7 Å². The second-order valence-electron chi connectivity index (χ2n) is 6.56. The monoisotopic (exact) mass is 457 g/mol. The number of benzene rings is 1. The fraction of sp³-hybridized carbons (Fsp3) is 0.263. The van der Waals surface area contributed by atoms with Crippen molar-refractivity contribution in [1.82, 2.24) is 29.8 Å². The highest BCUT2D eigenvalue weighted by atomic mass is 79.9. The van der Waals surface area contributed by atoms with Gasteiger partial charge in [-0.15, -0.1) is 10.2 Å². The van der Waals surface area contributed by atoms with Crippen molar-refractivity contribution >= 4 is 38.2 Å². The van der Waals surface area contributed by atoms with Crippen molar-refractivity contribution in [1.29, 1.82) is 0 Å². The lowest BCUT2D eigenvalue weighted by atomic mass is 10.2. The molecule has 0 aliphatic rings. The molecule has 0 amide bonds. The number of rotatable bonds is 6. The Morgan fingerprint density at radius 3 is 2.61 bits per heavy atom. The van der Waals surface area contributed by atoms with Gasteiger partial charge in [-0.2, -0.15) is 10.2 Å². The van der Waals surface area contributed by atoms with Gasteiger partial charge in [0.05, 0.1) is 22.4 Å². The van der Waals surface area contributed by atoms with E-state index in [9.17, 15) is 0 Å². The summed E-state index contributed by atoms with van der Waals surface area (Å²) in [6, 6.07) is 12.2. The summed E-state index contributed by atoms with van der Waals surface area (Å²) in [4.78, 5) is 0. The Labute approximate surface area is 175 Å². The van der Waals surface area contributed by atoms with E-state index < -0.39 is 0 Å². The average molecular weight is 458 g/mol. The molecular formula is C19H20BrN7S. The van der Waals surface area contributed by atoms with Gasteiger partial charge in [0.1, 0.15) is 11.0 Å². The molecule has 1 atom stereocenters. The normalized spacial score (nSPS) is 12.3. The molecule has 9 heteroatoms. The minimum atomic E-state index is 0.00804. The van der Waals surface area contributed by atoms with Crippen LogP contribution in [0.5, 0.6) is 0 Å². The van der Waals surface area contributed by atoms with Crippen LogP contribution < -0.4 is 5.32 Å². The van der Waals surface area contributed by atoms with E-state index in [0.717, 1.165) is 33.2 Å². The topological polar surface area (TPSA) is 73.5 Å². The molecule has 4 aromatic rings. The van der Waals surface area contributed by atoms with Crippen molar-refractivity contribution in [2.45, 2.75) is 33.4 Å². The van der Waals surface area contributed by atoms with E-state index in [1.165, 1.54) is 16.9 Å². The SMILES string of the molecule is Cc1nn(C(C)c2nnc(Nc3ccn(Cc4ccccc4)n3)s2)c(C)c1Br. The maximum absolute atomic E-state index is 4.60. The molecule has 0 bridgehead atoms. The summed E-state index contributed by atoms with van der Waals surface area (Å²) in [7, 11) is 0. The molecule has 0 radical (unpaired) electrons. The molecule has 0 saturated heterocycles. The minimum absolute atomic E-state index is 0.00804. The molecule has 0 fully saturated rings. The molecule has 0 saturated carbocycles. The van der Waals surface area contributed by atoms with Gasteiger partial charge in [0.2, 0.25) is 5.13 Å². The predicted octanol–water partition coefficient (Wildman–Crippen LogP) is 4.71. The van der Waals surface area contributed by atoms with Gasteiger partial charge < -0.3 is 5.32 Å². The Kier molecular flexibility index (Phi) is 5.27. The van der Waals surface area contributed by atoms with Gasteiger partial charge >= 0.3 is 0 Å². The van der Waals surface area contributed by atoms with E-state index in [0.29, 0.717) is 5.13 Å². The second-order valence-corrected chi connectivity index (χ2v) is 8.36. The Morgan fingerprint density at radius 1 is 1.11 bits per heavy atom. The average Bonchev–Trinajstić information content (AvgIpc) is 3.40. The van der Waals surface area contributed by atoms with Gasteiger partial charge in [-0.25, -0.2) is 0 Å². The van der Waals surface area contributed by atoms with Gasteiger partial charge in [-0.1, -0.05) is 41.7 Å². The quantitative estimate of drug-likeness (QED) is 0.453. The van der Waals surface area contributed by atoms with Crippen LogP contribution in [0, 0.1) is 13.8 Å². The van der Waals surface area contributed by atoms with Crippen molar-refractivity contribution in [3.63, 3.8) is 0 Å². The number of aryl methyl sites for hydroxylation is 1. The lowest BCUT2D eigenvalue weighted by molar-refractivity contribution is 0.540. The van der Waals surface area contributed by atoms with Crippen molar-refractivity contribution in [3.05, 3.63) is 69.0 Å². The molecule has 144 valence electrons. The summed E-state index contributed by atoms with van der Waals surface area (Å²) in [5.74, 6) is 0.750. The second kappa shape index (κ2) is 7.84. The number of halogens is 1. The Balaban J connectivity index is 1.46. The van der Waals surface area contributed by atoms with Crippen LogP contribution in [-0.2, 0) is 6.54 Å². The van der Waals surface area contributed by atoms with Crippen LogP contribution in [0.25, 0.3) is 0 Å². The van der Waals surface area contributed by atoms with E-state index in [-0.39, 0.29) is 6.04 Å². The van der Waals surface area contributed by atoms with Gasteiger partial charge in [0.15, 0.2) is 5.82 Å². The molecule has 0 aliphatic heterocycles. The molecule has 0 aliphatic carbocycles. The molecular weight excluding hydrogens is 438 g/mol. The molecule has 4 rings (SSSR count). The van der Waals surface area contributed by atoms with Crippen molar-refractivity contribution in [3.8, 4) is 0 Å². The van der Waals surface area contributed by atoms with Crippen LogP contribution in [-0.4, -0.2) is 29.8 Å². The summed E-state index contributed by atoms with van der Waals surface area (Å²) in [6.07, 6.45) is 1.95. The summed E-state index contributed by atoms with van der Waals surface area (Å²) in [6.45, 7) is 6.83. The molecule has 28 heavy (non-hydrogen) atoms. The lowest BCUT2D eigenvalue weighted by Gasteiger charge is -2.10. The number of aromatic nitrogens is 6. The highest BCUT2D eigenvalue weighted by molar-refractivity contribution is 9.10. The van der Waals surface area contributed by atoms with E-state index in [1.54, 1.807) is 0 Å². The van der Waals surface area contributed by atoms with Crippen LogP contribution in [0.1, 0.15) is 34.9 Å². The Morgan fingerprint density at radius 2 is 1.89 bits per heavy atom. The summed E-state index contributed by atoms with van der Waals surface area (Å²) in [5.41, 5.74) is 3.26. The highest BCUT2D eigenvalue weighted by Gasteiger charge is 2.19. The van der Waals surface area contributed by atoms with Gasteiger partial charge in [0, 0.05) is 12.3 Å². The Bertz CT molecular complexity index is 1080. The van der Waals surface area contributed by atoms with Crippen molar-refractivity contribution in [2.24, 2.45) is 0 Å². The van der Waals surface area contributed by atoms with Crippen LogP contribution in [0.2, 0.25) is 0 Å². The van der Waals surface area contributed by atoms with Crippen LogP contribution >= 0.6 is 27.3 Å². The van der Waals surface area contributed by atoms with Crippen LogP contribution in [0.3, 0.4) is 0 Å². The summed E-state index contributed by atoms with van der Waals surface area (Å²) in [5, 5.41) is 22.6. The molecule has 7 nitrogen and oxygen atoms in total. The van der Waals surface area contributed by atoms with E-state index >= 15 is 0 Å². The van der Waals surface area contributed by atoms with E-state index in [2.05, 4.69) is 60.7 Å². The number of nitrogens with zero attached hydrogens (tertiary/aromatic N) is 6. The lowest BCUT2D eigenvalue weighted by Crippen LogP contribution is -2.10. The van der Waals surface area contributed by atoms with Crippen LogP contribution in [0.4, 0.5) is 10.9 Å². The van der Waals surface area contributed by atoms with Crippen molar-refractivity contribution < 1.29 is 0 Å². The first-order valence-corrected chi connectivity index (χ1v) is 10.5. The first-order chi connectivity index (χ1) is 13.5. The van der Waals surface area contributed by atoms with Crippen LogP contribution in [0.15, 0.2) is 47.1 Å². The number of anilines is 2. The zero-order chi connectivity index (χ0) is 19.7. The maximum Gasteiger partial charge on any atom is 0.211 e. The third-order valence-electron chi connectivity index (χ3n) is 4.46. The summed E-state index contributed by atoms with van der Waals surface area (Å²) < 4.78 is 4.90. The minimum Gasteiger partial charge on any atom is -0.313 e. The largest absolute Gasteiger partial charge is 0.313 e. The molecule has 1 N–H and O–H groups in total. The predicted molar refractivity (Wildman–Crippen MR) is 114 cm³/mol. The van der Waals surface area contributed by atoms with Gasteiger partial charge in [-0.3, -0.25) is 9.36 Å². The Hall–Kier alpha value is -2.52. The standard InChI is InChI=1S/C19H20BrN7S/c1-12-17(20)13(2)27(24-12)14(3)18-22-23-19(28-18)21-16-9-10-26(25-16)11-15-7-5-4-6-8-15/h4-10,14H,11H2,1-3H3,(H,21,23,25). The fourth-order valence-corrected chi connectivity index (χ4v) is 4.02. The zero-order valence-corrected chi connectivity index (χ0v) is 18.2. The number of nitrogens with one attached hydrogen (secondary N) is 1. The fourth-order valence-electron chi connectivity index (χ4n) is 2.97. The van der Waals surface area contributed by atoms with Gasteiger partial charge in [-0.05, 0) is 42.3 Å². The first kappa shape index (κ1) is 18.8. The molecule has 3 aromatic heterocycles. The number of hydrogen-bond donors (Lipinski definition) is 1. The highest BCUT2D eigenvalue weighted by Crippen LogP contribution is 2.29. The molecule has 3 heterocycles. The maximum atomic E-state index is 4.60. The zero-order valence-electron chi connectivity index (χ0n) is 15.8. The molecule has 1 aromatic carbocycles. The van der Waals surface area contributed by atoms with Gasteiger partial charge in [0.25, 0.3) is 0 Å². The number of hydrogen-bond acceptors (Lipinski definition) is 6. The first-order valence-electron chi connectivity index (χ1n) is 8.90. The van der Waals surface area contributed by atoms with E-state index in [4.69, 9.17) is 0 Å². The van der Waals surface area contributed by atoms with Crippen molar-refractivity contribution in [2.75, 3.05) is 5.32 Å². The third-order valence-corrected chi connectivity index (χ3v) is 6.62. The summed E-state index contributed by atoms with van der Waals surface area (Å²) >= 11 is 5.09. The molecule has 1 unspecified atom stereocenters.